The minimum Gasteiger partial charge on any atom is -0.459 e. The van der Waals surface area contributed by atoms with Crippen LogP contribution in [-0.2, 0) is 23.7 Å². The first kappa shape index (κ1) is 28.2. The van der Waals surface area contributed by atoms with Crippen LogP contribution < -0.4 is 5.32 Å². The normalized spacial score (nSPS) is 19.5. The first-order valence-corrected chi connectivity index (χ1v) is 13.1. The van der Waals surface area contributed by atoms with Crippen molar-refractivity contribution in [3.8, 4) is 0 Å². The van der Waals surface area contributed by atoms with Crippen LogP contribution >= 0.6 is 0 Å². The van der Waals surface area contributed by atoms with Crippen molar-refractivity contribution in [3.05, 3.63) is 120 Å². The number of esters is 3. The predicted molar refractivity (Wildman–Crippen MR) is 148 cm³/mol. The molecule has 1 aliphatic rings. The van der Waals surface area contributed by atoms with E-state index in [2.05, 4.69) is 10.3 Å². The average Bonchev–Trinajstić information content (AvgIpc) is 3.60. The molecule has 0 aliphatic carbocycles. The fraction of sp³-hybridized carbons (Fsp3) is 0.194. The van der Waals surface area contributed by atoms with Gasteiger partial charge in [0.2, 0.25) is 11.9 Å². The molecule has 1 aliphatic heterocycles. The van der Waals surface area contributed by atoms with Crippen LogP contribution in [0.15, 0.2) is 103 Å². The van der Waals surface area contributed by atoms with E-state index in [9.17, 15) is 19.2 Å². The van der Waals surface area contributed by atoms with E-state index < -0.39 is 48.4 Å². The fourth-order valence-corrected chi connectivity index (χ4v) is 4.45. The molecule has 1 aromatic heterocycles. The summed E-state index contributed by atoms with van der Waals surface area (Å²) in [5.41, 5.74) is 0.839. The molecule has 42 heavy (non-hydrogen) atoms. The van der Waals surface area contributed by atoms with Gasteiger partial charge in [-0.25, -0.2) is 19.4 Å². The number of ether oxygens (including phenoxy) is 4. The zero-order valence-electron chi connectivity index (χ0n) is 22.5. The maximum absolute atomic E-state index is 13.2. The number of carbonyl (C=O) groups excluding carboxylic acids is 4. The van der Waals surface area contributed by atoms with E-state index in [4.69, 9.17) is 18.9 Å². The zero-order chi connectivity index (χ0) is 29.5. The fourth-order valence-electron chi connectivity index (χ4n) is 4.45. The lowest BCUT2D eigenvalue weighted by Gasteiger charge is -2.25. The molecule has 11 nitrogen and oxygen atoms in total. The van der Waals surface area contributed by atoms with Crippen molar-refractivity contribution >= 4 is 29.8 Å². The number of aromatic nitrogens is 2. The second kappa shape index (κ2) is 12.9. The molecule has 4 aromatic rings. The van der Waals surface area contributed by atoms with Crippen molar-refractivity contribution in [2.24, 2.45) is 0 Å². The lowest BCUT2D eigenvalue weighted by molar-refractivity contribution is -0.114. The summed E-state index contributed by atoms with van der Waals surface area (Å²) >= 11 is 0. The van der Waals surface area contributed by atoms with Gasteiger partial charge in [-0.2, -0.15) is 0 Å². The van der Waals surface area contributed by atoms with E-state index in [0.29, 0.717) is 5.56 Å². The van der Waals surface area contributed by atoms with Gasteiger partial charge in [-0.05, 0) is 36.4 Å². The number of benzene rings is 3. The second-order valence-corrected chi connectivity index (χ2v) is 9.34. The third-order valence-corrected chi connectivity index (χ3v) is 6.41. The lowest BCUT2D eigenvalue weighted by Crippen LogP contribution is -2.41. The van der Waals surface area contributed by atoms with Crippen LogP contribution in [0.2, 0.25) is 0 Å². The maximum Gasteiger partial charge on any atom is 0.338 e. The minimum absolute atomic E-state index is 0.114. The highest BCUT2D eigenvalue weighted by Crippen LogP contribution is 2.37. The van der Waals surface area contributed by atoms with Gasteiger partial charge in [0.1, 0.15) is 12.7 Å². The number of hydrogen-bond acceptors (Lipinski definition) is 9. The van der Waals surface area contributed by atoms with Crippen LogP contribution in [0.4, 0.5) is 5.95 Å². The molecular formula is C31H27N3O8. The molecule has 0 unspecified atom stereocenters. The third-order valence-electron chi connectivity index (χ3n) is 6.41. The van der Waals surface area contributed by atoms with Crippen LogP contribution in [-0.4, -0.2) is 58.3 Å². The number of amides is 1. The largest absolute Gasteiger partial charge is 0.459 e. The molecule has 1 N–H and O–H groups in total. The van der Waals surface area contributed by atoms with Gasteiger partial charge in [-0.15, -0.1) is 0 Å². The summed E-state index contributed by atoms with van der Waals surface area (Å²) in [7, 11) is 0. The Balaban J connectivity index is 1.49. The van der Waals surface area contributed by atoms with Gasteiger partial charge in [0.05, 0.1) is 16.7 Å². The molecule has 1 amide bonds. The summed E-state index contributed by atoms with van der Waals surface area (Å²) in [6, 6.07) is 24.9. The quantitative estimate of drug-likeness (QED) is 0.234. The molecular weight excluding hydrogens is 542 g/mol. The Kier molecular flexibility index (Phi) is 8.69. The average molecular weight is 570 g/mol. The molecule has 5 rings (SSSR count). The van der Waals surface area contributed by atoms with Gasteiger partial charge >= 0.3 is 17.9 Å². The molecule has 0 bridgehead atoms. The van der Waals surface area contributed by atoms with Gasteiger partial charge in [-0.3, -0.25) is 14.7 Å². The number of nitrogens with zero attached hydrogens (tertiary/aromatic N) is 2. The Hall–Kier alpha value is -5.29. The summed E-state index contributed by atoms with van der Waals surface area (Å²) in [5, 5.41) is 2.60. The summed E-state index contributed by atoms with van der Waals surface area (Å²) in [6.45, 7) is 0.984. The van der Waals surface area contributed by atoms with E-state index in [0.717, 1.165) is 0 Å². The number of anilines is 1. The SMILES string of the molecule is CC(=O)Nc1nccn1[C@H]1O[C@H](COC(=O)c2ccccc2)[C@@H](OC(=O)c2ccccc2)[C@@H]1OC(=O)c1ccccc1. The van der Waals surface area contributed by atoms with Crippen LogP contribution in [0.25, 0.3) is 0 Å². The van der Waals surface area contributed by atoms with Crippen molar-refractivity contribution < 1.29 is 38.1 Å². The van der Waals surface area contributed by atoms with E-state index in [-0.39, 0.29) is 23.7 Å². The van der Waals surface area contributed by atoms with Gasteiger partial charge in [0, 0.05) is 19.3 Å². The van der Waals surface area contributed by atoms with Crippen LogP contribution in [0.1, 0.15) is 44.2 Å². The third kappa shape index (κ3) is 6.53. The molecule has 1 saturated heterocycles. The Bertz CT molecular complexity index is 1540. The number of nitrogens with one attached hydrogen (secondary N) is 1. The summed E-state index contributed by atoms with van der Waals surface area (Å²) in [4.78, 5) is 55.2. The summed E-state index contributed by atoms with van der Waals surface area (Å²) in [5.74, 6) is -2.28. The molecule has 4 atom stereocenters. The van der Waals surface area contributed by atoms with Crippen molar-refractivity contribution in [1.29, 1.82) is 0 Å². The number of hydrogen-bond donors (Lipinski definition) is 1. The summed E-state index contributed by atoms with van der Waals surface area (Å²) in [6.07, 6.45) is -1.67. The number of carbonyl (C=O) groups is 4. The monoisotopic (exact) mass is 569 g/mol. The highest BCUT2D eigenvalue weighted by atomic mass is 16.7. The molecule has 0 saturated carbocycles. The van der Waals surface area contributed by atoms with Gasteiger partial charge in [0.25, 0.3) is 0 Å². The van der Waals surface area contributed by atoms with Crippen LogP contribution in [0, 0.1) is 0 Å². The highest BCUT2D eigenvalue weighted by molar-refractivity contribution is 5.91. The molecule has 214 valence electrons. The minimum atomic E-state index is -1.23. The van der Waals surface area contributed by atoms with E-state index in [1.165, 1.54) is 23.9 Å². The lowest BCUT2D eigenvalue weighted by atomic mass is 10.1. The van der Waals surface area contributed by atoms with E-state index in [1.54, 1.807) is 91.0 Å². The van der Waals surface area contributed by atoms with Gasteiger partial charge in [-0.1, -0.05) is 54.6 Å². The molecule has 2 heterocycles. The smallest absolute Gasteiger partial charge is 0.338 e. The topological polar surface area (TPSA) is 135 Å². The van der Waals surface area contributed by atoms with Crippen molar-refractivity contribution in [1.82, 2.24) is 9.55 Å². The molecule has 0 spiro atoms. The number of imidazole rings is 1. The van der Waals surface area contributed by atoms with Crippen molar-refractivity contribution in [2.45, 2.75) is 31.5 Å². The molecule has 1 fully saturated rings. The van der Waals surface area contributed by atoms with Gasteiger partial charge < -0.3 is 18.9 Å². The maximum atomic E-state index is 13.2. The Morgan fingerprint density at radius 1 is 0.762 bits per heavy atom. The van der Waals surface area contributed by atoms with Crippen LogP contribution in [0.3, 0.4) is 0 Å². The molecule has 11 heteroatoms. The van der Waals surface area contributed by atoms with E-state index in [1.807, 2.05) is 0 Å². The van der Waals surface area contributed by atoms with Crippen LogP contribution in [0.5, 0.6) is 0 Å². The molecule has 0 radical (unpaired) electrons. The summed E-state index contributed by atoms with van der Waals surface area (Å²) < 4.78 is 25.1. The first-order chi connectivity index (χ1) is 20.4. The van der Waals surface area contributed by atoms with Gasteiger partial charge in [0.15, 0.2) is 18.4 Å². The predicted octanol–water partition coefficient (Wildman–Crippen LogP) is 4.05. The molecule has 3 aromatic carbocycles. The Morgan fingerprint density at radius 3 is 1.79 bits per heavy atom. The zero-order valence-corrected chi connectivity index (χ0v) is 22.5. The Labute approximate surface area is 241 Å². The van der Waals surface area contributed by atoms with Crippen molar-refractivity contribution in [3.63, 3.8) is 0 Å². The Morgan fingerprint density at radius 2 is 1.26 bits per heavy atom. The number of rotatable bonds is 9. The highest BCUT2D eigenvalue weighted by Gasteiger charge is 2.51. The second-order valence-electron chi connectivity index (χ2n) is 9.34. The first-order valence-electron chi connectivity index (χ1n) is 13.1. The van der Waals surface area contributed by atoms with E-state index >= 15 is 0 Å². The standard InChI is InChI=1S/C31H27N3O8/c1-20(35)33-31-32-17-18-34(31)27-26(42-30(38)23-15-9-4-10-16-23)25(41-29(37)22-13-7-3-8-14-22)24(40-27)19-39-28(36)21-11-5-2-6-12-21/h2-18,24-27H,19H2,1H3,(H,32,33,35)/t24-,25-,26+,27+/m1/s1. The van der Waals surface area contributed by atoms with Crippen molar-refractivity contribution in [2.75, 3.05) is 11.9 Å².